The van der Waals surface area contributed by atoms with Gasteiger partial charge in [-0.05, 0) is 55.6 Å². The highest BCUT2D eigenvalue weighted by Crippen LogP contribution is 2.30. The maximum Gasteiger partial charge on any atom is 0.433 e. The molecule has 1 aliphatic rings. The molecule has 7 heteroatoms. The number of pyridine rings is 1. The molecular formula is C20H20F3N3O. The molecule has 1 saturated heterocycles. The van der Waals surface area contributed by atoms with Gasteiger partial charge >= 0.3 is 6.18 Å². The molecule has 0 bridgehead atoms. The Bertz CT molecular complexity index is 791. The van der Waals surface area contributed by atoms with Crippen LogP contribution in [0.2, 0.25) is 0 Å². The standard InChI is InChI=1S/C20H20F3N3O/c21-20(22,23)19-11-18(5-8-25-19)27-14-17-6-9-26(10-7-17)13-16-3-1-15(12-24)2-4-16/h1-5,8,11,17H,6-7,9-10,13-14H2. The summed E-state index contributed by atoms with van der Waals surface area (Å²) in [6, 6.07) is 12.1. The van der Waals surface area contributed by atoms with Crippen LogP contribution in [-0.4, -0.2) is 29.6 Å². The number of rotatable bonds is 5. The quantitative estimate of drug-likeness (QED) is 0.783. The molecule has 1 aromatic carbocycles. The molecule has 4 nitrogen and oxygen atoms in total. The molecule has 1 fully saturated rings. The Labute approximate surface area is 156 Å². The zero-order chi connectivity index (χ0) is 19.3. The maximum atomic E-state index is 12.7. The number of hydrogen-bond donors (Lipinski definition) is 0. The fraction of sp³-hybridized carbons (Fsp3) is 0.400. The third kappa shape index (κ3) is 5.44. The number of piperidine rings is 1. The number of nitriles is 1. The van der Waals surface area contributed by atoms with Gasteiger partial charge < -0.3 is 4.74 Å². The lowest BCUT2D eigenvalue weighted by Gasteiger charge is -2.31. The Hall–Kier alpha value is -2.59. The van der Waals surface area contributed by atoms with Crippen molar-refractivity contribution in [2.45, 2.75) is 25.6 Å². The summed E-state index contributed by atoms with van der Waals surface area (Å²) in [5.74, 6) is 0.530. The van der Waals surface area contributed by atoms with E-state index < -0.39 is 11.9 Å². The highest BCUT2D eigenvalue weighted by Gasteiger charge is 2.32. The average Bonchev–Trinajstić information content (AvgIpc) is 2.68. The Kier molecular flexibility index (Phi) is 5.97. The molecule has 0 saturated carbocycles. The van der Waals surface area contributed by atoms with Crippen molar-refractivity contribution in [1.82, 2.24) is 9.88 Å². The summed E-state index contributed by atoms with van der Waals surface area (Å²) < 4.78 is 43.6. The summed E-state index contributed by atoms with van der Waals surface area (Å²) in [7, 11) is 0. The maximum absolute atomic E-state index is 12.7. The molecule has 1 aromatic heterocycles. The van der Waals surface area contributed by atoms with Crippen molar-refractivity contribution in [2.75, 3.05) is 19.7 Å². The predicted octanol–water partition coefficient (Wildman–Crippen LogP) is 4.26. The van der Waals surface area contributed by atoms with Crippen molar-refractivity contribution in [3.63, 3.8) is 0 Å². The van der Waals surface area contributed by atoms with Crippen LogP contribution in [0.25, 0.3) is 0 Å². The van der Waals surface area contributed by atoms with Crippen LogP contribution >= 0.6 is 0 Å². The van der Waals surface area contributed by atoms with Crippen molar-refractivity contribution >= 4 is 0 Å². The van der Waals surface area contributed by atoms with E-state index in [2.05, 4.69) is 16.0 Å². The highest BCUT2D eigenvalue weighted by atomic mass is 19.4. The van der Waals surface area contributed by atoms with Gasteiger partial charge in [0.05, 0.1) is 18.2 Å². The van der Waals surface area contributed by atoms with E-state index in [1.54, 1.807) is 0 Å². The number of likely N-dealkylation sites (tertiary alicyclic amines) is 1. The van der Waals surface area contributed by atoms with Crippen molar-refractivity contribution in [3.05, 3.63) is 59.4 Å². The second kappa shape index (κ2) is 8.40. The van der Waals surface area contributed by atoms with Crippen LogP contribution in [0.15, 0.2) is 42.6 Å². The normalized spacial score (nSPS) is 16.1. The summed E-state index contributed by atoms with van der Waals surface area (Å²) in [6.07, 6.45) is -1.46. The number of benzene rings is 1. The summed E-state index contributed by atoms with van der Waals surface area (Å²) in [6.45, 7) is 3.07. The predicted molar refractivity (Wildman–Crippen MR) is 93.9 cm³/mol. The molecule has 0 amide bonds. The first kappa shape index (κ1) is 19.2. The summed E-state index contributed by atoms with van der Waals surface area (Å²) in [4.78, 5) is 5.68. The van der Waals surface area contributed by atoms with Crippen molar-refractivity contribution in [3.8, 4) is 11.8 Å². The molecular weight excluding hydrogens is 355 g/mol. The molecule has 0 unspecified atom stereocenters. The minimum Gasteiger partial charge on any atom is -0.493 e. The van der Waals surface area contributed by atoms with E-state index in [4.69, 9.17) is 10.00 Å². The van der Waals surface area contributed by atoms with Gasteiger partial charge in [-0.2, -0.15) is 18.4 Å². The van der Waals surface area contributed by atoms with E-state index in [1.165, 1.54) is 11.6 Å². The van der Waals surface area contributed by atoms with Crippen LogP contribution in [0, 0.1) is 17.2 Å². The third-order valence-corrected chi connectivity index (χ3v) is 4.70. The number of halogens is 3. The van der Waals surface area contributed by atoms with E-state index in [1.807, 2.05) is 24.3 Å². The van der Waals surface area contributed by atoms with Crippen LogP contribution in [0.1, 0.15) is 29.7 Å². The summed E-state index contributed by atoms with van der Waals surface area (Å²) >= 11 is 0. The van der Waals surface area contributed by atoms with Gasteiger partial charge in [-0.25, -0.2) is 0 Å². The second-order valence-electron chi connectivity index (χ2n) is 6.71. The number of ether oxygens (including phenoxy) is 1. The Morgan fingerprint density at radius 2 is 1.85 bits per heavy atom. The number of nitrogens with zero attached hydrogens (tertiary/aromatic N) is 3. The van der Waals surface area contributed by atoms with Crippen LogP contribution in [0.4, 0.5) is 13.2 Å². The molecule has 2 heterocycles. The van der Waals surface area contributed by atoms with Crippen LogP contribution in [0.3, 0.4) is 0 Å². The highest BCUT2D eigenvalue weighted by molar-refractivity contribution is 5.31. The van der Waals surface area contributed by atoms with Gasteiger partial charge in [0.15, 0.2) is 0 Å². The lowest BCUT2D eigenvalue weighted by molar-refractivity contribution is -0.141. The fourth-order valence-corrected chi connectivity index (χ4v) is 3.12. The van der Waals surface area contributed by atoms with Gasteiger partial charge in [0.25, 0.3) is 0 Å². The van der Waals surface area contributed by atoms with Crippen molar-refractivity contribution in [1.29, 1.82) is 5.26 Å². The van der Waals surface area contributed by atoms with E-state index in [0.29, 0.717) is 18.1 Å². The van der Waals surface area contributed by atoms with E-state index in [9.17, 15) is 13.2 Å². The molecule has 1 aliphatic heterocycles. The SMILES string of the molecule is N#Cc1ccc(CN2CCC(COc3ccnc(C(F)(F)F)c3)CC2)cc1. The number of alkyl halides is 3. The topological polar surface area (TPSA) is 49.2 Å². The van der Waals surface area contributed by atoms with Gasteiger partial charge in [0.2, 0.25) is 0 Å². The van der Waals surface area contributed by atoms with Crippen LogP contribution < -0.4 is 4.74 Å². The van der Waals surface area contributed by atoms with Gasteiger partial charge in [0.1, 0.15) is 11.4 Å². The second-order valence-corrected chi connectivity index (χ2v) is 6.71. The lowest BCUT2D eigenvalue weighted by Crippen LogP contribution is -2.35. The molecule has 2 aromatic rings. The minimum atomic E-state index is -4.46. The number of hydrogen-bond acceptors (Lipinski definition) is 4. The Morgan fingerprint density at radius 3 is 2.48 bits per heavy atom. The Morgan fingerprint density at radius 1 is 1.15 bits per heavy atom. The first-order valence-electron chi connectivity index (χ1n) is 8.81. The van der Waals surface area contributed by atoms with Crippen molar-refractivity contribution in [2.24, 2.45) is 5.92 Å². The summed E-state index contributed by atoms with van der Waals surface area (Å²) in [5.41, 5.74) is 0.886. The third-order valence-electron chi connectivity index (χ3n) is 4.70. The minimum absolute atomic E-state index is 0.206. The van der Waals surface area contributed by atoms with E-state index in [0.717, 1.165) is 44.7 Å². The fourth-order valence-electron chi connectivity index (χ4n) is 3.12. The van der Waals surface area contributed by atoms with Gasteiger partial charge in [0, 0.05) is 18.8 Å². The monoisotopic (exact) mass is 375 g/mol. The van der Waals surface area contributed by atoms with Gasteiger partial charge in [-0.3, -0.25) is 9.88 Å². The molecule has 27 heavy (non-hydrogen) atoms. The smallest absolute Gasteiger partial charge is 0.433 e. The molecule has 0 radical (unpaired) electrons. The van der Waals surface area contributed by atoms with Gasteiger partial charge in [-0.1, -0.05) is 12.1 Å². The zero-order valence-electron chi connectivity index (χ0n) is 14.7. The Balaban J connectivity index is 1.45. The number of aromatic nitrogens is 1. The molecule has 3 rings (SSSR count). The van der Waals surface area contributed by atoms with E-state index in [-0.39, 0.29) is 5.75 Å². The molecule has 0 spiro atoms. The largest absolute Gasteiger partial charge is 0.493 e. The van der Waals surface area contributed by atoms with Crippen LogP contribution in [0.5, 0.6) is 5.75 Å². The van der Waals surface area contributed by atoms with Crippen molar-refractivity contribution < 1.29 is 17.9 Å². The average molecular weight is 375 g/mol. The van der Waals surface area contributed by atoms with Crippen LogP contribution in [-0.2, 0) is 12.7 Å². The molecule has 0 atom stereocenters. The lowest BCUT2D eigenvalue weighted by atomic mass is 9.97. The van der Waals surface area contributed by atoms with E-state index >= 15 is 0 Å². The molecule has 0 aliphatic carbocycles. The zero-order valence-corrected chi connectivity index (χ0v) is 14.7. The summed E-state index contributed by atoms with van der Waals surface area (Å²) in [5, 5.41) is 8.84. The molecule has 142 valence electrons. The molecule has 0 N–H and O–H groups in total. The van der Waals surface area contributed by atoms with Gasteiger partial charge in [-0.15, -0.1) is 0 Å². The first-order chi connectivity index (χ1) is 12.9. The first-order valence-corrected chi connectivity index (χ1v) is 8.81.